The van der Waals surface area contributed by atoms with Crippen molar-refractivity contribution in [3.8, 4) is 0 Å². The van der Waals surface area contributed by atoms with Gasteiger partial charge in [0.25, 0.3) is 0 Å². The average molecular weight is 352 g/mol. The van der Waals surface area contributed by atoms with Gasteiger partial charge in [0, 0.05) is 17.1 Å². The van der Waals surface area contributed by atoms with Gasteiger partial charge in [-0.1, -0.05) is 41.1 Å². The molecule has 5 heteroatoms. The van der Waals surface area contributed by atoms with Crippen molar-refractivity contribution in [2.75, 3.05) is 6.54 Å². The lowest BCUT2D eigenvalue weighted by atomic mass is 9.93. The Hall–Kier alpha value is -1.62. The van der Waals surface area contributed by atoms with Crippen LogP contribution in [0.4, 0.5) is 0 Å². The molecule has 1 aliphatic rings. The fraction of sp³-hybridized carbons (Fsp3) is 0.375. The predicted molar refractivity (Wildman–Crippen MR) is 84.8 cm³/mol. The van der Waals surface area contributed by atoms with Gasteiger partial charge >= 0.3 is 5.97 Å². The number of carboxylic acid groups (broad SMARTS) is 1. The van der Waals surface area contributed by atoms with E-state index in [2.05, 4.69) is 15.9 Å². The van der Waals surface area contributed by atoms with E-state index in [9.17, 15) is 14.7 Å². The number of likely N-dealkylation sites (tertiary alicyclic amines) is 1. The van der Waals surface area contributed by atoms with Crippen LogP contribution in [-0.2, 0) is 9.59 Å². The molecule has 1 fully saturated rings. The van der Waals surface area contributed by atoms with Crippen LogP contribution in [0.25, 0.3) is 6.08 Å². The van der Waals surface area contributed by atoms with E-state index >= 15 is 0 Å². The van der Waals surface area contributed by atoms with E-state index in [1.165, 1.54) is 11.0 Å². The van der Waals surface area contributed by atoms with Gasteiger partial charge in [-0.25, -0.2) is 4.79 Å². The van der Waals surface area contributed by atoms with Gasteiger partial charge in [0.2, 0.25) is 5.91 Å². The second-order valence-electron chi connectivity index (χ2n) is 5.14. The normalized spacial score (nSPS) is 21.9. The fourth-order valence-corrected chi connectivity index (χ4v) is 3.22. The van der Waals surface area contributed by atoms with E-state index in [0.717, 1.165) is 16.5 Å². The Bertz CT molecular complexity index is 585. The monoisotopic (exact) mass is 351 g/mol. The molecule has 1 aromatic carbocycles. The fourth-order valence-electron chi connectivity index (χ4n) is 2.80. The molecule has 4 nitrogen and oxygen atoms in total. The van der Waals surface area contributed by atoms with Crippen molar-refractivity contribution in [2.45, 2.75) is 31.7 Å². The number of benzene rings is 1. The van der Waals surface area contributed by atoms with Crippen LogP contribution in [0.2, 0.25) is 0 Å². The smallest absolute Gasteiger partial charge is 0.329 e. The summed E-state index contributed by atoms with van der Waals surface area (Å²) in [5, 5.41) is 9.49. The van der Waals surface area contributed by atoms with Crippen LogP contribution in [0.15, 0.2) is 34.8 Å². The zero-order valence-corrected chi connectivity index (χ0v) is 13.5. The van der Waals surface area contributed by atoms with Crippen LogP contribution in [0.5, 0.6) is 0 Å². The lowest BCUT2D eigenvalue weighted by Crippen LogP contribution is -2.52. The summed E-state index contributed by atoms with van der Waals surface area (Å²) >= 11 is 3.42. The summed E-state index contributed by atoms with van der Waals surface area (Å²) < 4.78 is 0.899. The zero-order valence-electron chi connectivity index (χ0n) is 11.9. The van der Waals surface area contributed by atoms with E-state index in [0.29, 0.717) is 19.4 Å². The van der Waals surface area contributed by atoms with Gasteiger partial charge in [0.1, 0.15) is 5.54 Å². The minimum absolute atomic E-state index is 0.243. The zero-order chi connectivity index (χ0) is 15.5. The molecule has 1 amide bonds. The molecule has 0 spiro atoms. The predicted octanol–water partition coefficient (Wildman–Crippen LogP) is 3.32. The summed E-state index contributed by atoms with van der Waals surface area (Å²) in [4.78, 5) is 25.4. The molecule has 1 aliphatic heterocycles. The summed E-state index contributed by atoms with van der Waals surface area (Å²) in [5.74, 6) is -1.15. The molecule has 0 radical (unpaired) electrons. The minimum atomic E-state index is -1.05. The summed E-state index contributed by atoms with van der Waals surface area (Å²) in [6, 6.07) is 7.57. The molecule has 112 valence electrons. The van der Waals surface area contributed by atoms with Crippen LogP contribution in [0, 0.1) is 0 Å². The number of amides is 1. The maximum atomic E-state index is 12.4. The highest BCUT2D eigenvalue weighted by Crippen LogP contribution is 2.33. The molecule has 0 saturated carbocycles. The summed E-state index contributed by atoms with van der Waals surface area (Å²) in [7, 11) is 0. The molecule has 21 heavy (non-hydrogen) atoms. The third-order valence-corrected chi connectivity index (χ3v) is 4.77. The number of hydrogen-bond donors (Lipinski definition) is 1. The van der Waals surface area contributed by atoms with Gasteiger partial charge in [-0.15, -0.1) is 0 Å². The number of carbonyl (C=O) groups is 2. The van der Waals surface area contributed by atoms with Crippen molar-refractivity contribution in [3.63, 3.8) is 0 Å². The molecule has 2 rings (SSSR count). The van der Waals surface area contributed by atoms with Gasteiger partial charge < -0.3 is 10.0 Å². The van der Waals surface area contributed by atoms with Gasteiger partial charge in [0.05, 0.1) is 0 Å². The Morgan fingerprint density at radius 1 is 1.43 bits per heavy atom. The first-order valence-electron chi connectivity index (χ1n) is 6.99. The first-order chi connectivity index (χ1) is 10.0. The maximum absolute atomic E-state index is 12.4. The molecule has 1 N–H and O–H groups in total. The SMILES string of the molecule is CCC1(C(=O)O)CCCN1C(=O)/C=C/c1ccccc1Br. The number of carboxylic acids is 1. The van der Waals surface area contributed by atoms with Crippen molar-refractivity contribution in [3.05, 3.63) is 40.4 Å². The molecule has 1 atom stereocenters. The van der Waals surface area contributed by atoms with Crippen LogP contribution in [-0.4, -0.2) is 34.0 Å². The van der Waals surface area contributed by atoms with E-state index in [-0.39, 0.29) is 5.91 Å². The highest BCUT2D eigenvalue weighted by Gasteiger charge is 2.47. The number of nitrogens with zero attached hydrogens (tertiary/aromatic N) is 1. The van der Waals surface area contributed by atoms with Crippen molar-refractivity contribution in [1.29, 1.82) is 0 Å². The molecule has 1 heterocycles. The highest BCUT2D eigenvalue weighted by atomic mass is 79.9. The second kappa shape index (κ2) is 6.43. The molecular formula is C16H18BrNO3. The first-order valence-corrected chi connectivity index (χ1v) is 7.78. The Balaban J connectivity index is 2.20. The molecule has 1 unspecified atom stereocenters. The van der Waals surface area contributed by atoms with E-state index in [1.54, 1.807) is 6.08 Å². The maximum Gasteiger partial charge on any atom is 0.329 e. The Kier molecular flexibility index (Phi) is 4.83. The van der Waals surface area contributed by atoms with Crippen molar-refractivity contribution < 1.29 is 14.7 Å². The largest absolute Gasteiger partial charge is 0.479 e. The van der Waals surface area contributed by atoms with E-state index in [1.807, 2.05) is 31.2 Å². The van der Waals surface area contributed by atoms with Crippen molar-refractivity contribution >= 4 is 33.9 Å². The Labute approximate surface area is 132 Å². The van der Waals surface area contributed by atoms with Crippen LogP contribution < -0.4 is 0 Å². The van der Waals surface area contributed by atoms with Gasteiger partial charge in [-0.05, 0) is 37.0 Å². The first kappa shape index (κ1) is 15.8. The lowest BCUT2D eigenvalue weighted by molar-refractivity contribution is -0.155. The van der Waals surface area contributed by atoms with E-state index < -0.39 is 11.5 Å². The Morgan fingerprint density at radius 2 is 2.14 bits per heavy atom. The third kappa shape index (κ3) is 3.02. The molecule has 1 saturated heterocycles. The number of halogens is 1. The van der Waals surface area contributed by atoms with Gasteiger partial charge in [0.15, 0.2) is 0 Å². The molecule has 0 aromatic heterocycles. The standard InChI is InChI=1S/C16H18BrNO3/c1-2-16(15(20)21)10-5-11-18(16)14(19)9-8-12-6-3-4-7-13(12)17/h3-4,6-9H,2,5,10-11H2,1H3,(H,20,21)/b9-8+. The van der Waals surface area contributed by atoms with Crippen molar-refractivity contribution in [2.24, 2.45) is 0 Å². The number of aliphatic carboxylic acids is 1. The summed E-state index contributed by atoms with van der Waals surface area (Å²) in [6.07, 6.45) is 4.85. The highest BCUT2D eigenvalue weighted by molar-refractivity contribution is 9.10. The second-order valence-corrected chi connectivity index (χ2v) is 5.99. The Morgan fingerprint density at radius 3 is 2.76 bits per heavy atom. The lowest BCUT2D eigenvalue weighted by Gasteiger charge is -2.33. The topological polar surface area (TPSA) is 57.6 Å². The molecular weight excluding hydrogens is 334 g/mol. The number of hydrogen-bond acceptors (Lipinski definition) is 2. The van der Waals surface area contributed by atoms with Crippen LogP contribution >= 0.6 is 15.9 Å². The third-order valence-electron chi connectivity index (χ3n) is 4.05. The number of carbonyl (C=O) groups excluding carboxylic acids is 1. The van der Waals surface area contributed by atoms with Crippen LogP contribution in [0.1, 0.15) is 31.7 Å². The molecule has 1 aromatic rings. The molecule has 0 aliphatic carbocycles. The quantitative estimate of drug-likeness (QED) is 0.846. The summed E-state index contributed by atoms with van der Waals surface area (Å²) in [5.41, 5.74) is -0.155. The van der Waals surface area contributed by atoms with Crippen molar-refractivity contribution in [1.82, 2.24) is 4.90 Å². The summed E-state index contributed by atoms with van der Waals surface area (Å²) in [6.45, 7) is 2.32. The van der Waals surface area contributed by atoms with Gasteiger partial charge in [-0.3, -0.25) is 4.79 Å². The minimum Gasteiger partial charge on any atom is -0.479 e. The average Bonchev–Trinajstić information content (AvgIpc) is 2.91. The van der Waals surface area contributed by atoms with E-state index in [4.69, 9.17) is 0 Å². The van der Waals surface area contributed by atoms with Crippen LogP contribution in [0.3, 0.4) is 0 Å². The molecule has 0 bridgehead atoms. The van der Waals surface area contributed by atoms with Gasteiger partial charge in [-0.2, -0.15) is 0 Å². The number of rotatable bonds is 4.